The molecule has 2 N–H and O–H groups in total. The minimum Gasteiger partial charge on any atom is -0.333 e. The Morgan fingerprint density at radius 2 is 2.04 bits per heavy atom. The van der Waals surface area contributed by atoms with Crippen LogP contribution >= 0.6 is 0 Å². The molecular weight excluding hydrogens is 336 g/mol. The summed E-state index contributed by atoms with van der Waals surface area (Å²) in [5, 5.41) is 4.85. The number of aromatic nitrogens is 2. The van der Waals surface area contributed by atoms with Gasteiger partial charge in [0.15, 0.2) is 5.69 Å². The van der Waals surface area contributed by atoms with Gasteiger partial charge in [-0.25, -0.2) is 4.68 Å². The van der Waals surface area contributed by atoms with Crippen LogP contribution in [0.15, 0.2) is 18.2 Å². The van der Waals surface area contributed by atoms with Crippen LogP contribution in [0.1, 0.15) is 65.5 Å². The van der Waals surface area contributed by atoms with E-state index in [0.717, 1.165) is 56.3 Å². The number of rotatable bonds is 3. The summed E-state index contributed by atoms with van der Waals surface area (Å²) >= 11 is 0. The maximum atomic E-state index is 13.5. The first kappa shape index (κ1) is 18.2. The summed E-state index contributed by atoms with van der Waals surface area (Å²) in [5.41, 5.74) is 12.7. The van der Waals surface area contributed by atoms with Gasteiger partial charge in [-0.3, -0.25) is 4.79 Å². The van der Waals surface area contributed by atoms with Crippen molar-refractivity contribution in [2.45, 2.75) is 71.4 Å². The number of nitrogens with zero attached hydrogens (tertiary/aromatic N) is 3. The largest absolute Gasteiger partial charge is 0.333 e. The van der Waals surface area contributed by atoms with E-state index in [1.807, 2.05) is 16.5 Å². The first-order chi connectivity index (χ1) is 13.0. The molecule has 1 aromatic heterocycles. The van der Waals surface area contributed by atoms with Gasteiger partial charge < -0.3 is 10.6 Å². The molecule has 2 heterocycles. The van der Waals surface area contributed by atoms with Gasteiger partial charge in [-0.2, -0.15) is 5.10 Å². The Morgan fingerprint density at radius 1 is 1.22 bits per heavy atom. The fraction of sp³-hybridized carbons (Fsp3) is 0.545. The second-order valence-electron chi connectivity index (χ2n) is 8.25. The van der Waals surface area contributed by atoms with Crippen molar-refractivity contribution < 1.29 is 4.79 Å². The third kappa shape index (κ3) is 3.18. The second kappa shape index (κ2) is 7.12. The van der Waals surface area contributed by atoms with Gasteiger partial charge >= 0.3 is 0 Å². The number of carbonyl (C=O) groups excluding carboxylic acids is 1. The lowest BCUT2D eigenvalue weighted by molar-refractivity contribution is 0.0576. The van der Waals surface area contributed by atoms with E-state index in [1.165, 1.54) is 16.8 Å². The third-order valence-corrected chi connectivity index (χ3v) is 6.13. The molecule has 2 atom stereocenters. The SMILES string of the molecule is Cc1ccc(-n2nc(C(=O)N3CCCCC3C(C)N)c3c2CCC3)c(C)c1. The molecule has 4 rings (SSSR count). The minimum absolute atomic E-state index is 0.0104. The lowest BCUT2D eigenvalue weighted by Crippen LogP contribution is -2.51. The van der Waals surface area contributed by atoms with E-state index in [1.54, 1.807) is 0 Å². The molecule has 5 nitrogen and oxygen atoms in total. The average molecular weight is 367 g/mol. The zero-order valence-electron chi connectivity index (χ0n) is 16.7. The van der Waals surface area contributed by atoms with Crippen LogP contribution in [0, 0.1) is 13.8 Å². The molecule has 144 valence electrons. The maximum absolute atomic E-state index is 13.5. The maximum Gasteiger partial charge on any atom is 0.274 e. The Bertz CT molecular complexity index is 867. The minimum atomic E-state index is -0.0104. The van der Waals surface area contributed by atoms with Crippen molar-refractivity contribution in [3.63, 3.8) is 0 Å². The highest BCUT2D eigenvalue weighted by Crippen LogP contribution is 2.31. The normalized spacial score (nSPS) is 20.6. The molecule has 0 radical (unpaired) electrons. The van der Waals surface area contributed by atoms with Crippen molar-refractivity contribution in [2.24, 2.45) is 5.73 Å². The van der Waals surface area contributed by atoms with Crippen LogP contribution in [-0.4, -0.2) is 39.2 Å². The van der Waals surface area contributed by atoms with Crippen LogP contribution in [0.4, 0.5) is 0 Å². The van der Waals surface area contributed by atoms with E-state index in [4.69, 9.17) is 10.8 Å². The molecule has 1 aromatic carbocycles. The van der Waals surface area contributed by atoms with Crippen LogP contribution in [-0.2, 0) is 12.8 Å². The third-order valence-electron chi connectivity index (χ3n) is 6.13. The van der Waals surface area contributed by atoms with Crippen LogP contribution in [0.3, 0.4) is 0 Å². The monoisotopic (exact) mass is 366 g/mol. The quantitative estimate of drug-likeness (QED) is 0.906. The molecule has 27 heavy (non-hydrogen) atoms. The topological polar surface area (TPSA) is 64.2 Å². The van der Waals surface area contributed by atoms with Crippen molar-refractivity contribution in [1.82, 2.24) is 14.7 Å². The predicted octanol–water partition coefficient (Wildman–Crippen LogP) is 3.32. The number of nitrogens with two attached hydrogens (primary N) is 1. The Hall–Kier alpha value is -2.14. The van der Waals surface area contributed by atoms with Crippen molar-refractivity contribution in [1.29, 1.82) is 0 Å². The summed E-state index contributed by atoms with van der Waals surface area (Å²) in [6.45, 7) is 7.01. The van der Waals surface area contributed by atoms with E-state index < -0.39 is 0 Å². The van der Waals surface area contributed by atoms with E-state index in [-0.39, 0.29) is 18.0 Å². The van der Waals surface area contributed by atoms with E-state index in [9.17, 15) is 4.79 Å². The second-order valence-corrected chi connectivity index (χ2v) is 8.25. The fourth-order valence-corrected chi connectivity index (χ4v) is 4.74. The zero-order valence-corrected chi connectivity index (χ0v) is 16.7. The standard InChI is InChI=1S/C22H30N4O/c1-14-10-11-18(15(2)13-14)26-20-9-6-7-17(20)21(24-26)22(27)25-12-5-4-8-19(25)16(3)23/h10-11,13,16,19H,4-9,12,23H2,1-3H3. The molecule has 2 aromatic rings. The number of hydrogen-bond donors (Lipinski definition) is 1. The zero-order chi connectivity index (χ0) is 19.1. The summed E-state index contributed by atoms with van der Waals surface area (Å²) in [4.78, 5) is 15.4. The Morgan fingerprint density at radius 3 is 2.78 bits per heavy atom. The number of carbonyl (C=O) groups is 1. The summed E-state index contributed by atoms with van der Waals surface area (Å²) in [5.74, 6) is 0.0682. The van der Waals surface area contributed by atoms with Gasteiger partial charge in [0.05, 0.1) is 5.69 Å². The van der Waals surface area contributed by atoms with Crippen molar-refractivity contribution in [3.8, 4) is 5.69 Å². The number of hydrogen-bond acceptors (Lipinski definition) is 3. The molecule has 1 aliphatic heterocycles. The van der Waals surface area contributed by atoms with Gasteiger partial charge in [0.2, 0.25) is 0 Å². The lowest BCUT2D eigenvalue weighted by Gasteiger charge is -2.37. The number of likely N-dealkylation sites (tertiary alicyclic amines) is 1. The first-order valence-corrected chi connectivity index (χ1v) is 10.2. The summed E-state index contributed by atoms with van der Waals surface area (Å²) < 4.78 is 2.02. The van der Waals surface area contributed by atoms with Crippen LogP contribution in [0.2, 0.25) is 0 Å². The van der Waals surface area contributed by atoms with Gasteiger partial charge in [-0.15, -0.1) is 0 Å². The predicted molar refractivity (Wildman–Crippen MR) is 107 cm³/mol. The summed E-state index contributed by atoms with van der Waals surface area (Å²) in [7, 11) is 0. The highest BCUT2D eigenvalue weighted by Gasteiger charge is 2.35. The summed E-state index contributed by atoms with van der Waals surface area (Å²) in [6.07, 6.45) is 6.20. The molecule has 2 unspecified atom stereocenters. The molecule has 0 spiro atoms. The van der Waals surface area contributed by atoms with Gasteiger partial charge in [0.1, 0.15) is 0 Å². The van der Waals surface area contributed by atoms with Crippen LogP contribution in [0.5, 0.6) is 0 Å². The molecule has 2 aliphatic rings. The molecule has 5 heteroatoms. The Balaban J connectivity index is 1.75. The highest BCUT2D eigenvalue weighted by atomic mass is 16.2. The number of benzene rings is 1. The van der Waals surface area contributed by atoms with E-state index in [0.29, 0.717) is 5.69 Å². The van der Waals surface area contributed by atoms with Gasteiger partial charge in [-0.05, 0) is 70.9 Å². The lowest BCUT2D eigenvalue weighted by atomic mass is 9.96. The van der Waals surface area contributed by atoms with Crippen molar-refractivity contribution >= 4 is 5.91 Å². The Labute approximate surface area is 161 Å². The number of aryl methyl sites for hydroxylation is 2. The van der Waals surface area contributed by atoms with Crippen molar-refractivity contribution in [3.05, 3.63) is 46.3 Å². The molecule has 1 aliphatic carbocycles. The molecule has 1 saturated heterocycles. The molecule has 0 saturated carbocycles. The highest BCUT2D eigenvalue weighted by molar-refractivity contribution is 5.94. The van der Waals surface area contributed by atoms with Crippen LogP contribution < -0.4 is 5.73 Å². The van der Waals surface area contributed by atoms with Crippen LogP contribution in [0.25, 0.3) is 5.69 Å². The van der Waals surface area contributed by atoms with Gasteiger partial charge in [0, 0.05) is 29.9 Å². The number of amides is 1. The van der Waals surface area contributed by atoms with Gasteiger partial charge in [-0.1, -0.05) is 17.7 Å². The first-order valence-electron chi connectivity index (χ1n) is 10.2. The number of fused-ring (bicyclic) bond motifs is 1. The summed E-state index contributed by atoms with van der Waals surface area (Å²) in [6, 6.07) is 6.52. The van der Waals surface area contributed by atoms with E-state index >= 15 is 0 Å². The number of piperidine rings is 1. The molecule has 1 amide bonds. The van der Waals surface area contributed by atoms with Gasteiger partial charge in [0.25, 0.3) is 5.91 Å². The smallest absolute Gasteiger partial charge is 0.274 e. The molecular formula is C22H30N4O. The molecule has 1 fully saturated rings. The average Bonchev–Trinajstić information content (AvgIpc) is 3.24. The Kier molecular flexibility index (Phi) is 4.81. The van der Waals surface area contributed by atoms with Crippen molar-refractivity contribution in [2.75, 3.05) is 6.54 Å². The van der Waals surface area contributed by atoms with E-state index in [2.05, 4.69) is 32.0 Å². The molecule has 0 bridgehead atoms. The fourth-order valence-electron chi connectivity index (χ4n) is 4.74.